The van der Waals surface area contributed by atoms with Gasteiger partial charge in [-0.15, -0.1) is 0 Å². The van der Waals surface area contributed by atoms with E-state index in [-0.39, 0.29) is 18.0 Å². The molecular weight excluding hydrogens is 279 g/mol. The lowest BCUT2D eigenvalue weighted by Gasteiger charge is -2.06. The normalized spacial score (nSPS) is 10.8. The maximum absolute atomic E-state index is 13.2. The summed E-state index contributed by atoms with van der Waals surface area (Å²) in [4.78, 5) is 12.3. The Morgan fingerprint density at radius 3 is 2.70 bits per heavy atom. The summed E-state index contributed by atoms with van der Waals surface area (Å²) in [7, 11) is 0. The number of benzene rings is 1. The molecule has 0 aliphatic carbocycles. The van der Waals surface area contributed by atoms with Gasteiger partial charge in [0, 0.05) is 12.1 Å². The third-order valence-electron chi connectivity index (χ3n) is 3.26. The molecule has 0 saturated carbocycles. The molecule has 2 aromatic rings. The second-order valence-electron chi connectivity index (χ2n) is 4.73. The van der Waals surface area contributed by atoms with Crippen LogP contribution in [-0.4, -0.2) is 15.6 Å². The number of aromatic nitrogens is 2. The first-order valence-electron chi connectivity index (χ1n) is 6.45. The summed E-state index contributed by atoms with van der Waals surface area (Å²) >= 11 is 6.19. The first kappa shape index (κ1) is 14.7. The highest BCUT2D eigenvalue weighted by Crippen LogP contribution is 2.22. The molecule has 0 spiro atoms. The smallest absolute Gasteiger partial charge is 0.168 e. The summed E-state index contributed by atoms with van der Waals surface area (Å²) in [5, 5.41) is 4.81. The Hall–Kier alpha value is -1.68. The van der Waals surface area contributed by atoms with Gasteiger partial charge in [0.2, 0.25) is 0 Å². The summed E-state index contributed by atoms with van der Waals surface area (Å²) in [6.07, 6.45) is 0.165. The Kier molecular flexibility index (Phi) is 4.23. The van der Waals surface area contributed by atoms with Crippen molar-refractivity contribution in [2.45, 2.75) is 33.7 Å². The molecule has 0 saturated heterocycles. The van der Waals surface area contributed by atoms with Crippen LogP contribution in [0.3, 0.4) is 0 Å². The van der Waals surface area contributed by atoms with Gasteiger partial charge in [0.15, 0.2) is 5.78 Å². The molecule has 0 N–H and O–H groups in total. The Morgan fingerprint density at radius 2 is 2.10 bits per heavy atom. The van der Waals surface area contributed by atoms with Gasteiger partial charge in [-0.3, -0.25) is 9.48 Å². The fourth-order valence-corrected chi connectivity index (χ4v) is 2.31. The summed E-state index contributed by atoms with van der Waals surface area (Å²) in [5.74, 6) is -0.404. The van der Waals surface area contributed by atoms with Gasteiger partial charge in [-0.1, -0.05) is 11.6 Å². The average Bonchev–Trinajstić information content (AvgIpc) is 2.69. The minimum Gasteiger partial charge on any atom is -0.294 e. The van der Waals surface area contributed by atoms with Crippen molar-refractivity contribution in [2.24, 2.45) is 0 Å². The van der Waals surface area contributed by atoms with E-state index >= 15 is 0 Å². The second-order valence-corrected chi connectivity index (χ2v) is 5.10. The molecule has 1 aromatic heterocycles. The third-order valence-corrected chi connectivity index (χ3v) is 3.75. The molecule has 1 aromatic carbocycles. The molecular formula is C15H16ClFN2O. The topological polar surface area (TPSA) is 34.9 Å². The molecule has 0 atom stereocenters. The van der Waals surface area contributed by atoms with Gasteiger partial charge in [0.25, 0.3) is 0 Å². The maximum Gasteiger partial charge on any atom is 0.168 e. The number of carbonyl (C=O) groups is 1. The van der Waals surface area contributed by atoms with Crippen molar-refractivity contribution in [2.75, 3.05) is 0 Å². The first-order chi connectivity index (χ1) is 9.43. The first-order valence-corrected chi connectivity index (χ1v) is 6.83. The predicted molar refractivity (Wildman–Crippen MR) is 76.8 cm³/mol. The number of carbonyl (C=O) groups excluding carboxylic acids is 1. The van der Waals surface area contributed by atoms with Crippen LogP contribution in [0.1, 0.15) is 34.2 Å². The Morgan fingerprint density at radius 1 is 1.40 bits per heavy atom. The molecule has 0 radical (unpaired) electrons. The molecule has 0 fully saturated rings. The number of hydrogen-bond donors (Lipinski definition) is 0. The van der Waals surface area contributed by atoms with E-state index in [1.807, 2.05) is 13.8 Å². The summed E-state index contributed by atoms with van der Waals surface area (Å²) < 4.78 is 15.0. The molecule has 2 rings (SSSR count). The molecule has 0 aliphatic rings. The highest BCUT2D eigenvalue weighted by atomic mass is 35.5. The van der Waals surface area contributed by atoms with Gasteiger partial charge in [-0.2, -0.15) is 5.10 Å². The summed E-state index contributed by atoms with van der Waals surface area (Å²) in [6.45, 7) is 6.04. The minimum absolute atomic E-state index is 0.0930. The van der Waals surface area contributed by atoms with Crippen LogP contribution >= 0.6 is 11.6 Å². The van der Waals surface area contributed by atoms with Crippen molar-refractivity contribution >= 4 is 17.4 Å². The van der Waals surface area contributed by atoms with Gasteiger partial charge in [-0.25, -0.2) is 4.39 Å². The Labute approximate surface area is 122 Å². The zero-order valence-electron chi connectivity index (χ0n) is 11.7. The Bertz CT molecular complexity index is 664. The quantitative estimate of drug-likeness (QED) is 0.805. The lowest BCUT2D eigenvalue weighted by atomic mass is 10.0. The maximum atomic E-state index is 13.2. The standard InChI is InChI=1S/C15H16ClFN2O/c1-4-19-13(15(16)10(3)18-19)8-14(20)11-5-6-12(17)9(2)7-11/h5-7H,4,8H2,1-3H3. The van der Waals surface area contributed by atoms with E-state index in [9.17, 15) is 9.18 Å². The molecule has 5 heteroatoms. The van der Waals surface area contributed by atoms with Crippen molar-refractivity contribution in [3.05, 3.63) is 51.6 Å². The van der Waals surface area contributed by atoms with Crippen LogP contribution < -0.4 is 0 Å². The number of ketones is 1. The number of hydrogen-bond acceptors (Lipinski definition) is 2. The van der Waals surface area contributed by atoms with E-state index in [1.54, 1.807) is 17.7 Å². The van der Waals surface area contributed by atoms with E-state index in [4.69, 9.17) is 11.6 Å². The Balaban J connectivity index is 2.30. The number of Topliss-reactive ketones (excluding diaryl/α,β-unsaturated/α-hetero) is 1. The summed E-state index contributed by atoms with van der Waals surface area (Å²) in [5.41, 5.74) is 2.37. The zero-order chi connectivity index (χ0) is 14.9. The molecule has 106 valence electrons. The second kappa shape index (κ2) is 5.75. The molecule has 0 aliphatic heterocycles. The fourth-order valence-electron chi connectivity index (χ4n) is 2.11. The van der Waals surface area contributed by atoms with Crippen molar-refractivity contribution in [1.29, 1.82) is 0 Å². The lowest BCUT2D eigenvalue weighted by molar-refractivity contribution is 0.0990. The minimum atomic E-state index is -0.311. The van der Waals surface area contributed by atoms with Crippen LogP contribution in [0.4, 0.5) is 4.39 Å². The van der Waals surface area contributed by atoms with Crippen LogP contribution in [0.15, 0.2) is 18.2 Å². The van der Waals surface area contributed by atoms with Gasteiger partial charge in [0.05, 0.1) is 22.8 Å². The number of halogens is 2. The molecule has 0 amide bonds. The number of aryl methyl sites for hydroxylation is 3. The van der Waals surface area contributed by atoms with Gasteiger partial charge in [-0.05, 0) is 44.5 Å². The summed E-state index contributed by atoms with van der Waals surface area (Å²) in [6, 6.07) is 4.37. The van der Waals surface area contributed by atoms with Crippen LogP contribution in [0.25, 0.3) is 0 Å². The van der Waals surface area contributed by atoms with Gasteiger partial charge < -0.3 is 0 Å². The van der Waals surface area contributed by atoms with Crippen molar-refractivity contribution in [3.8, 4) is 0 Å². The average molecular weight is 295 g/mol. The van der Waals surface area contributed by atoms with E-state index in [2.05, 4.69) is 5.10 Å². The lowest BCUT2D eigenvalue weighted by Crippen LogP contribution is -2.10. The molecule has 0 unspecified atom stereocenters. The van der Waals surface area contributed by atoms with Crippen LogP contribution in [0.5, 0.6) is 0 Å². The van der Waals surface area contributed by atoms with E-state index in [1.165, 1.54) is 12.1 Å². The SMILES string of the molecule is CCn1nc(C)c(Cl)c1CC(=O)c1ccc(F)c(C)c1. The van der Waals surface area contributed by atoms with E-state index in [0.29, 0.717) is 34.1 Å². The van der Waals surface area contributed by atoms with Crippen LogP contribution in [0, 0.1) is 19.7 Å². The van der Waals surface area contributed by atoms with E-state index in [0.717, 1.165) is 0 Å². The molecule has 1 heterocycles. The third kappa shape index (κ3) is 2.75. The van der Waals surface area contributed by atoms with Crippen molar-refractivity contribution in [3.63, 3.8) is 0 Å². The predicted octanol–water partition coefficient (Wildman–Crippen LogP) is 3.74. The van der Waals surface area contributed by atoms with Gasteiger partial charge >= 0.3 is 0 Å². The molecule has 3 nitrogen and oxygen atoms in total. The van der Waals surface area contributed by atoms with Gasteiger partial charge in [0.1, 0.15) is 5.82 Å². The molecule has 0 bridgehead atoms. The highest BCUT2D eigenvalue weighted by molar-refractivity contribution is 6.32. The fraction of sp³-hybridized carbons (Fsp3) is 0.333. The van der Waals surface area contributed by atoms with E-state index < -0.39 is 0 Å². The number of rotatable bonds is 4. The molecule has 20 heavy (non-hydrogen) atoms. The van der Waals surface area contributed by atoms with Crippen LogP contribution in [0.2, 0.25) is 5.02 Å². The largest absolute Gasteiger partial charge is 0.294 e. The number of nitrogens with zero attached hydrogens (tertiary/aromatic N) is 2. The van der Waals surface area contributed by atoms with Crippen LogP contribution in [-0.2, 0) is 13.0 Å². The zero-order valence-corrected chi connectivity index (χ0v) is 12.5. The van der Waals surface area contributed by atoms with Crippen molar-refractivity contribution < 1.29 is 9.18 Å². The van der Waals surface area contributed by atoms with Crippen molar-refractivity contribution in [1.82, 2.24) is 9.78 Å². The highest BCUT2D eigenvalue weighted by Gasteiger charge is 2.17. The monoisotopic (exact) mass is 294 g/mol.